The van der Waals surface area contributed by atoms with Crippen molar-refractivity contribution in [2.45, 2.75) is 52.7 Å². The third-order valence-electron chi connectivity index (χ3n) is 3.25. The van der Waals surface area contributed by atoms with E-state index in [1.165, 1.54) is 5.56 Å². The molecule has 1 atom stereocenters. The van der Waals surface area contributed by atoms with Crippen LogP contribution in [0, 0.1) is 0 Å². The van der Waals surface area contributed by atoms with Gasteiger partial charge in [-0.25, -0.2) is 4.98 Å². The molecule has 20 heavy (non-hydrogen) atoms. The zero-order valence-corrected chi connectivity index (χ0v) is 13.5. The molecule has 0 aliphatic carbocycles. The van der Waals surface area contributed by atoms with Crippen LogP contribution in [0.4, 0.5) is 5.82 Å². The summed E-state index contributed by atoms with van der Waals surface area (Å²) in [6.07, 6.45) is 3.06. The summed E-state index contributed by atoms with van der Waals surface area (Å²) < 4.78 is 0. The van der Waals surface area contributed by atoms with E-state index >= 15 is 0 Å². The molecule has 0 aliphatic rings. The molecule has 0 aromatic carbocycles. The quantitative estimate of drug-likeness (QED) is 0.768. The minimum Gasteiger partial charge on any atom is -0.389 e. The molecule has 114 valence electrons. The SMILES string of the molecule is CCCNC(C)c1ccc(N(CC)CC(C)(C)O)nc1. The molecule has 1 aromatic heterocycles. The molecule has 1 rings (SSSR count). The van der Waals surface area contributed by atoms with Gasteiger partial charge in [0.25, 0.3) is 0 Å². The molecule has 0 amide bonds. The Morgan fingerprint density at radius 2 is 2.05 bits per heavy atom. The van der Waals surface area contributed by atoms with Crippen LogP contribution in [0.1, 0.15) is 52.6 Å². The molecule has 2 N–H and O–H groups in total. The fourth-order valence-corrected chi connectivity index (χ4v) is 2.14. The summed E-state index contributed by atoms with van der Waals surface area (Å²) in [6, 6.07) is 4.47. The topological polar surface area (TPSA) is 48.4 Å². The third-order valence-corrected chi connectivity index (χ3v) is 3.25. The van der Waals surface area contributed by atoms with Crippen LogP contribution >= 0.6 is 0 Å². The van der Waals surface area contributed by atoms with E-state index in [9.17, 15) is 5.11 Å². The van der Waals surface area contributed by atoms with E-state index in [4.69, 9.17) is 0 Å². The lowest BCUT2D eigenvalue weighted by Gasteiger charge is -2.29. The van der Waals surface area contributed by atoms with Crippen LogP contribution in [0.25, 0.3) is 0 Å². The molecule has 4 heteroatoms. The predicted octanol–water partition coefficient (Wildman–Crippen LogP) is 2.74. The van der Waals surface area contributed by atoms with Gasteiger partial charge in [-0.05, 0) is 52.3 Å². The molecular weight excluding hydrogens is 250 g/mol. The molecule has 1 heterocycles. The molecule has 0 bridgehead atoms. The first-order valence-electron chi connectivity index (χ1n) is 7.54. The zero-order chi connectivity index (χ0) is 15.2. The van der Waals surface area contributed by atoms with Gasteiger partial charge in [0.15, 0.2) is 0 Å². The van der Waals surface area contributed by atoms with Gasteiger partial charge in [0.05, 0.1) is 5.60 Å². The second kappa shape index (κ2) is 7.60. The third kappa shape index (κ3) is 5.47. The van der Waals surface area contributed by atoms with Gasteiger partial charge in [-0.15, -0.1) is 0 Å². The molecule has 4 nitrogen and oxygen atoms in total. The summed E-state index contributed by atoms with van der Waals surface area (Å²) in [4.78, 5) is 6.63. The number of aromatic nitrogens is 1. The van der Waals surface area contributed by atoms with Crippen LogP contribution in [0.5, 0.6) is 0 Å². The van der Waals surface area contributed by atoms with Crippen LogP contribution in [-0.2, 0) is 0 Å². The average molecular weight is 279 g/mol. The van der Waals surface area contributed by atoms with Gasteiger partial charge in [0, 0.05) is 25.3 Å². The maximum Gasteiger partial charge on any atom is 0.128 e. The molecule has 0 radical (unpaired) electrons. The van der Waals surface area contributed by atoms with Gasteiger partial charge in [0.1, 0.15) is 5.82 Å². The Kier molecular flexibility index (Phi) is 6.43. The molecule has 0 spiro atoms. The minimum atomic E-state index is -0.716. The van der Waals surface area contributed by atoms with Gasteiger partial charge in [-0.3, -0.25) is 0 Å². The van der Waals surface area contributed by atoms with E-state index in [-0.39, 0.29) is 0 Å². The summed E-state index contributed by atoms with van der Waals surface area (Å²) in [5.41, 5.74) is 0.480. The maximum atomic E-state index is 9.94. The smallest absolute Gasteiger partial charge is 0.128 e. The van der Waals surface area contributed by atoms with Crippen LogP contribution in [0.15, 0.2) is 18.3 Å². The number of likely N-dealkylation sites (N-methyl/N-ethyl adjacent to an activating group) is 1. The number of hydrogen-bond donors (Lipinski definition) is 2. The number of rotatable bonds is 8. The lowest BCUT2D eigenvalue weighted by atomic mass is 10.1. The normalized spacial score (nSPS) is 13.3. The lowest BCUT2D eigenvalue weighted by Crippen LogP contribution is -2.39. The van der Waals surface area contributed by atoms with E-state index in [2.05, 4.69) is 42.0 Å². The van der Waals surface area contributed by atoms with Gasteiger partial charge in [0.2, 0.25) is 0 Å². The molecule has 1 aromatic rings. The van der Waals surface area contributed by atoms with Gasteiger partial charge >= 0.3 is 0 Å². The first kappa shape index (κ1) is 16.9. The van der Waals surface area contributed by atoms with E-state index in [0.29, 0.717) is 12.6 Å². The highest BCUT2D eigenvalue weighted by Gasteiger charge is 2.18. The Morgan fingerprint density at radius 3 is 2.50 bits per heavy atom. The van der Waals surface area contributed by atoms with Crippen LogP contribution in [0.2, 0.25) is 0 Å². The van der Waals surface area contributed by atoms with Gasteiger partial charge in [-0.2, -0.15) is 0 Å². The van der Waals surface area contributed by atoms with E-state index in [1.807, 2.05) is 26.1 Å². The number of nitrogens with one attached hydrogen (secondary N) is 1. The fourth-order valence-electron chi connectivity index (χ4n) is 2.14. The number of aliphatic hydroxyl groups is 1. The van der Waals surface area contributed by atoms with Crippen molar-refractivity contribution in [2.75, 3.05) is 24.5 Å². The number of anilines is 1. The molecule has 0 saturated carbocycles. The summed E-state index contributed by atoms with van der Waals surface area (Å²) in [7, 11) is 0. The molecule has 0 fully saturated rings. The summed E-state index contributed by atoms with van der Waals surface area (Å²) in [6.45, 7) is 12.5. The van der Waals surface area contributed by atoms with E-state index in [1.54, 1.807) is 0 Å². The second-order valence-corrected chi connectivity index (χ2v) is 5.95. The van der Waals surface area contributed by atoms with Crippen molar-refractivity contribution in [1.29, 1.82) is 0 Å². The van der Waals surface area contributed by atoms with Crippen LogP contribution in [0.3, 0.4) is 0 Å². The monoisotopic (exact) mass is 279 g/mol. The van der Waals surface area contributed by atoms with Crippen molar-refractivity contribution in [3.63, 3.8) is 0 Å². The van der Waals surface area contributed by atoms with Crippen LogP contribution < -0.4 is 10.2 Å². The Hall–Kier alpha value is -1.13. The van der Waals surface area contributed by atoms with Crippen molar-refractivity contribution < 1.29 is 5.11 Å². The largest absolute Gasteiger partial charge is 0.389 e. The predicted molar refractivity (Wildman–Crippen MR) is 85.1 cm³/mol. The number of pyridine rings is 1. The maximum absolute atomic E-state index is 9.94. The second-order valence-electron chi connectivity index (χ2n) is 5.95. The summed E-state index contributed by atoms with van der Waals surface area (Å²) in [5, 5.41) is 13.4. The molecular formula is C16H29N3O. The molecule has 0 aliphatic heterocycles. The molecule has 0 saturated heterocycles. The lowest BCUT2D eigenvalue weighted by molar-refractivity contribution is 0.0874. The van der Waals surface area contributed by atoms with E-state index < -0.39 is 5.60 Å². The van der Waals surface area contributed by atoms with Crippen molar-refractivity contribution in [2.24, 2.45) is 0 Å². The van der Waals surface area contributed by atoms with Crippen molar-refractivity contribution in [1.82, 2.24) is 10.3 Å². The highest BCUT2D eigenvalue weighted by atomic mass is 16.3. The average Bonchev–Trinajstić information content (AvgIpc) is 2.41. The highest BCUT2D eigenvalue weighted by Crippen LogP contribution is 2.18. The van der Waals surface area contributed by atoms with E-state index in [0.717, 1.165) is 25.3 Å². The summed E-state index contributed by atoms with van der Waals surface area (Å²) in [5.74, 6) is 0.918. The van der Waals surface area contributed by atoms with Gasteiger partial charge < -0.3 is 15.3 Å². The van der Waals surface area contributed by atoms with Crippen LogP contribution in [-0.4, -0.2) is 35.3 Å². The van der Waals surface area contributed by atoms with Crippen molar-refractivity contribution >= 4 is 5.82 Å². The Morgan fingerprint density at radius 1 is 1.35 bits per heavy atom. The fraction of sp³-hybridized carbons (Fsp3) is 0.688. The van der Waals surface area contributed by atoms with Gasteiger partial charge in [-0.1, -0.05) is 13.0 Å². The molecule has 1 unspecified atom stereocenters. The minimum absolute atomic E-state index is 0.320. The Bertz CT molecular complexity index is 384. The zero-order valence-electron chi connectivity index (χ0n) is 13.5. The summed E-state index contributed by atoms with van der Waals surface area (Å²) >= 11 is 0. The number of nitrogens with zero attached hydrogens (tertiary/aromatic N) is 2. The standard InChI is InChI=1S/C16H29N3O/c1-6-10-17-13(3)14-8-9-15(18-11-14)19(7-2)12-16(4,5)20/h8-9,11,13,17,20H,6-7,10,12H2,1-5H3. The van der Waals surface area contributed by atoms with Crippen molar-refractivity contribution in [3.8, 4) is 0 Å². The van der Waals surface area contributed by atoms with Crippen molar-refractivity contribution in [3.05, 3.63) is 23.9 Å². The highest BCUT2D eigenvalue weighted by molar-refractivity contribution is 5.40. The Labute approximate surface area is 123 Å². The first-order valence-corrected chi connectivity index (χ1v) is 7.54. The number of hydrogen-bond acceptors (Lipinski definition) is 4. The Balaban J connectivity index is 2.73. The first-order chi connectivity index (χ1) is 9.37.